The van der Waals surface area contributed by atoms with Gasteiger partial charge >= 0.3 is 0 Å². The minimum absolute atomic E-state index is 0.0675. The molecule has 0 aromatic carbocycles. The third-order valence-electron chi connectivity index (χ3n) is 3.10. The van der Waals surface area contributed by atoms with Crippen molar-refractivity contribution in [3.63, 3.8) is 0 Å². The number of rotatable bonds is 4. The monoisotopic (exact) mass is 220 g/mol. The summed E-state index contributed by atoms with van der Waals surface area (Å²) in [6.07, 6.45) is 5.98. The Bertz CT molecular complexity index is 295. The van der Waals surface area contributed by atoms with Crippen LogP contribution in [0, 0.1) is 0 Å². The minimum Gasteiger partial charge on any atom is -0.323 e. The fraction of sp³-hybridized carbons (Fsp3) is 0.583. The van der Waals surface area contributed by atoms with Gasteiger partial charge < -0.3 is 16.4 Å². The first-order valence-electron chi connectivity index (χ1n) is 5.96. The van der Waals surface area contributed by atoms with Gasteiger partial charge in [0, 0.05) is 31.0 Å². The van der Waals surface area contributed by atoms with Gasteiger partial charge in [-0.2, -0.15) is 0 Å². The highest BCUT2D eigenvalue weighted by atomic mass is 15.0. The van der Waals surface area contributed by atoms with Crippen LogP contribution >= 0.6 is 0 Å². The van der Waals surface area contributed by atoms with E-state index in [1.54, 1.807) is 12.4 Å². The van der Waals surface area contributed by atoms with Crippen molar-refractivity contribution < 1.29 is 0 Å². The Labute approximate surface area is 96.6 Å². The molecule has 1 unspecified atom stereocenters. The summed E-state index contributed by atoms with van der Waals surface area (Å²) in [4.78, 5) is 3.99. The van der Waals surface area contributed by atoms with Crippen molar-refractivity contribution in [1.29, 1.82) is 0 Å². The van der Waals surface area contributed by atoms with E-state index in [1.165, 1.54) is 12.8 Å². The van der Waals surface area contributed by atoms with E-state index >= 15 is 0 Å². The molecule has 1 fully saturated rings. The molecule has 4 nitrogen and oxygen atoms in total. The van der Waals surface area contributed by atoms with E-state index in [0.29, 0.717) is 6.04 Å². The number of nitrogens with two attached hydrogens (primary N) is 1. The fourth-order valence-electron chi connectivity index (χ4n) is 2.05. The van der Waals surface area contributed by atoms with Gasteiger partial charge in [-0.1, -0.05) is 0 Å². The smallest absolute Gasteiger partial charge is 0.0422 e. The molecule has 1 aromatic rings. The van der Waals surface area contributed by atoms with E-state index < -0.39 is 0 Å². The number of pyridine rings is 1. The lowest BCUT2D eigenvalue weighted by Gasteiger charge is -2.25. The van der Waals surface area contributed by atoms with Crippen LogP contribution in [0.2, 0.25) is 0 Å². The normalized spacial score (nSPS) is 19.6. The van der Waals surface area contributed by atoms with Crippen molar-refractivity contribution >= 4 is 0 Å². The fourth-order valence-corrected chi connectivity index (χ4v) is 2.05. The van der Waals surface area contributed by atoms with E-state index in [2.05, 4.69) is 15.6 Å². The molecular formula is C12H20N4. The standard InChI is InChI=1S/C12H20N4/c13-12(10-1-5-14-6-2-10)9-16-11-3-7-15-8-4-11/h1-2,5-6,11-12,15-16H,3-4,7-9,13H2. The molecule has 88 valence electrons. The minimum atomic E-state index is 0.0675. The average molecular weight is 220 g/mol. The first-order valence-corrected chi connectivity index (χ1v) is 5.96. The van der Waals surface area contributed by atoms with Crippen LogP contribution in [0.3, 0.4) is 0 Å². The van der Waals surface area contributed by atoms with Crippen LogP contribution in [-0.2, 0) is 0 Å². The van der Waals surface area contributed by atoms with Crippen molar-refractivity contribution in [2.45, 2.75) is 24.9 Å². The van der Waals surface area contributed by atoms with Crippen molar-refractivity contribution in [2.24, 2.45) is 5.73 Å². The maximum absolute atomic E-state index is 6.11. The molecule has 1 aliphatic heterocycles. The molecule has 0 spiro atoms. The number of piperidine rings is 1. The zero-order chi connectivity index (χ0) is 11.2. The Kier molecular flexibility index (Phi) is 4.27. The molecule has 0 aliphatic carbocycles. The highest BCUT2D eigenvalue weighted by Gasteiger charge is 2.13. The first kappa shape index (κ1) is 11.5. The maximum Gasteiger partial charge on any atom is 0.0422 e. The lowest BCUT2D eigenvalue weighted by Crippen LogP contribution is -2.42. The highest BCUT2D eigenvalue weighted by Crippen LogP contribution is 2.08. The zero-order valence-electron chi connectivity index (χ0n) is 9.52. The van der Waals surface area contributed by atoms with Crippen molar-refractivity contribution in [2.75, 3.05) is 19.6 Å². The summed E-state index contributed by atoms with van der Waals surface area (Å²) in [6, 6.07) is 4.65. The summed E-state index contributed by atoms with van der Waals surface area (Å²) >= 11 is 0. The second-order valence-electron chi connectivity index (χ2n) is 4.32. The van der Waals surface area contributed by atoms with Crippen molar-refractivity contribution in [3.05, 3.63) is 30.1 Å². The summed E-state index contributed by atoms with van der Waals surface area (Å²) in [5, 5.41) is 6.89. The van der Waals surface area contributed by atoms with Gasteiger partial charge in [-0.3, -0.25) is 4.98 Å². The molecule has 0 amide bonds. The van der Waals surface area contributed by atoms with Gasteiger partial charge in [0.25, 0.3) is 0 Å². The molecule has 2 heterocycles. The third-order valence-corrected chi connectivity index (χ3v) is 3.10. The molecule has 1 aliphatic rings. The van der Waals surface area contributed by atoms with E-state index in [9.17, 15) is 0 Å². The van der Waals surface area contributed by atoms with E-state index in [-0.39, 0.29) is 6.04 Å². The number of nitrogens with one attached hydrogen (secondary N) is 2. The van der Waals surface area contributed by atoms with Crippen LogP contribution in [0.1, 0.15) is 24.4 Å². The van der Waals surface area contributed by atoms with Crippen LogP contribution in [0.25, 0.3) is 0 Å². The van der Waals surface area contributed by atoms with Gasteiger partial charge in [0.15, 0.2) is 0 Å². The first-order chi connectivity index (χ1) is 7.86. The Morgan fingerprint density at radius 1 is 1.38 bits per heavy atom. The van der Waals surface area contributed by atoms with E-state index in [1.807, 2.05) is 12.1 Å². The second kappa shape index (κ2) is 5.94. The molecule has 0 bridgehead atoms. The summed E-state index contributed by atoms with van der Waals surface area (Å²) in [5.74, 6) is 0. The number of hydrogen-bond donors (Lipinski definition) is 3. The number of hydrogen-bond acceptors (Lipinski definition) is 4. The predicted molar refractivity (Wildman–Crippen MR) is 65.1 cm³/mol. The molecular weight excluding hydrogens is 200 g/mol. The largest absolute Gasteiger partial charge is 0.323 e. The zero-order valence-corrected chi connectivity index (χ0v) is 9.52. The van der Waals surface area contributed by atoms with Gasteiger partial charge in [0.2, 0.25) is 0 Å². The molecule has 1 atom stereocenters. The van der Waals surface area contributed by atoms with E-state index in [0.717, 1.165) is 25.2 Å². The van der Waals surface area contributed by atoms with Gasteiger partial charge in [-0.15, -0.1) is 0 Å². The average Bonchev–Trinajstić information content (AvgIpc) is 2.38. The van der Waals surface area contributed by atoms with Crippen LogP contribution in [0.5, 0.6) is 0 Å². The molecule has 0 radical (unpaired) electrons. The number of nitrogens with zero attached hydrogens (tertiary/aromatic N) is 1. The second-order valence-corrected chi connectivity index (χ2v) is 4.32. The lowest BCUT2D eigenvalue weighted by molar-refractivity contribution is 0.379. The lowest BCUT2D eigenvalue weighted by atomic mass is 10.1. The topological polar surface area (TPSA) is 63.0 Å². The molecule has 1 saturated heterocycles. The Hall–Kier alpha value is -0.970. The summed E-state index contributed by atoms with van der Waals surface area (Å²) in [6.45, 7) is 3.07. The van der Waals surface area contributed by atoms with Gasteiger partial charge in [0.1, 0.15) is 0 Å². The SMILES string of the molecule is NC(CNC1CCNCC1)c1ccncc1. The maximum atomic E-state index is 6.11. The Morgan fingerprint density at radius 3 is 2.75 bits per heavy atom. The summed E-state index contributed by atoms with van der Waals surface area (Å²) in [7, 11) is 0. The Balaban J connectivity index is 1.77. The molecule has 0 saturated carbocycles. The summed E-state index contributed by atoms with van der Waals surface area (Å²) in [5.41, 5.74) is 7.26. The van der Waals surface area contributed by atoms with Gasteiger partial charge in [0.05, 0.1) is 0 Å². The predicted octanol–water partition coefficient (Wildman–Crippen LogP) is 0.423. The Morgan fingerprint density at radius 2 is 2.06 bits per heavy atom. The number of aromatic nitrogens is 1. The van der Waals surface area contributed by atoms with Crippen LogP contribution in [0.15, 0.2) is 24.5 Å². The van der Waals surface area contributed by atoms with Crippen molar-refractivity contribution in [3.8, 4) is 0 Å². The highest BCUT2D eigenvalue weighted by molar-refractivity contribution is 5.14. The molecule has 4 heteroatoms. The van der Waals surface area contributed by atoms with Crippen LogP contribution < -0.4 is 16.4 Å². The molecule has 16 heavy (non-hydrogen) atoms. The molecule has 4 N–H and O–H groups in total. The molecule has 2 rings (SSSR count). The van der Waals surface area contributed by atoms with Gasteiger partial charge in [-0.25, -0.2) is 0 Å². The summed E-state index contributed by atoms with van der Waals surface area (Å²) < 4.78 is 0. The van der Waals surface area contributed by atoms with Crippen LogP contribution in [-0.4, -0.2) is 30.7 Å². The quantitative estimate of drug-likeness (QED) is 0.688. The van der Waals surface area contributed by atoms with E-state index in [4.69, 9.17) is 5.73 Å². The van der Waals surface area contributed by atoms with Crippen molar-refractivity contribution in [1.82, 2.24) is 15.6 Å². The third kappa shape index (κ3) is 3.27. The molecule has 1 aromatic heterocycles. The van der Waals surface area contributed by atoms with Crippen LogP contribution in [0.4, 0.5) is 0 Å². The van der Waals surface area contributed by atoms with Gasteiger partial charge in [-0.05, 0) is 43.6 Å².